The van der Waals surface area contributed by atoms with Crippen molar-refractivity contribution in [1.82, 2.24) is 9.78 Å². The summed E-state index contributed by atoms with van der Waals surface area (Å²) in [5, 5.41) is 70.3. The quantitative estimate of drug-likeness (QED) is 0.0133. The average molecular weight is 1020 g/mol. The first-order chi connectivity index (χ1) is 32.2. The highest BCUT2D eigenvalue weighted by atomic mass is 32.2. The van der Waals surface area contributed by atoms with Gasteiger partial charge in [-0.15, -0.1) is 29.9 Å². The topological polar surface area (TPSA) is 402 Å². The molecule has 68 heavy (non-hydrogen) atoms. The Morgan fingerprint density at radius 1 is 0.691 bits per heavy atom. The van der Waals surface area contributed by atoms with Gasteiger partial charge < -0.3 is 29.5 Å². The molecule has 27 nitrogen and oxygen atoms in total. The SMILES string of the molecule is COc1ccc(N=Nc2cc(OCCO)c(N=Nc3c(SOOO)cc4cc(S(=O)(=O)O)cc(-n5[nH]c(C)c(N=Nc6ccc(S(=O)(=O)O)cc6)c5=O)c4c3O)cc2OCCO)c(S(=O)(=O)O)c1. The number of phenols is 1. The zero-order valence-corrected chi connectivity index (χ0v) is 37.8. The van der Waals surface area contributed by atoms with Crippen LogP contribution in [0.25, 0.3) is 16.5 Å². The number of hydrogen-bond acceptors (Lipinski definition) is 23. The number of azo groups is 3. The number of methoxy groups -OCH3 is 1. The second-order valence-electron chi connectivity index (χ2n) is 13.3. The fourth-order valence-corrected chi connectivity index (χ4v) is 8.10. The lowest BCUT2D eigenvalue weighted by Gasteiger charge is -2.15. The molecule has 1 aromatic heterocycles. The lowest BCUT2D eigenvalue weighted by molar-refractivity contribution is -0.432. The molecular weight excluding hydrogens is 989 g/mol. The maximum absolute atomic E-state index is 13.9. The monoisotopic (exact) mass is 1020 g/mol. The van der Waals surface area contributed by atoms with Gasteiger partial charge in [0.15, 0.2) is 11.4 Å². The van der Waals surface area contributed by atoms with Crippen LogP contribution in [-0.2, 0) is 39.7 Å². The number of aryl methyl sites for hydroxylation is 1. The average Bonchev–Trinajstić information content (AvgIpc) is 3.58. The summed E-state index contributed by atoms with van der Waals surface area (Å²) in [4.78, 5) is 11.8. The van der Waals surface area contributed by atoms with Crippen molar-refractivity contribution in [2.75, 3.05) is 33.5 Å². The van der Waals surface area contributed by atoms with Crippen LogP contribution in [0.15, 0.2) is 128 Å². The van der Waals surface area contributed by atoms with Crippen LogP contribution in [0.3, 0.4) is 0 Å². The fourth-order valence-electron chi connectivity index (χ4n) is 5.95. The number of nitrogens with one attached hydrogen (secondary N) is 1. The third-order valence-electron chi connectivity index (χ3n) is 8.94. The molecule has 0 amide bonds. The predicted molar refractivity (Wildman–Crippen MR) is 234 cm³/mol. The molecule has 1 heterocycles. The van der Waals surface area contributed by atoms with E-state index in [0.29, 0.717) is 0 Å². The minimum atomic E-state index is -5.03. The van der Waals surface area contributed by atoms with Crippen LogP contribution in [0.1, 0.15) is 5.69 Å². The summed E-state index contributed by atoms with van der Waals surface area (Å²) in [6.07, 6.45) is 0. The molecule has 0 radical (unpaired) electrons. The van der Waals surface area contributed by atoms with Crippen molar-refractivity contribution in [3.8, 4) is 28.7 Å². The predicted octanol–water partition coefficient (Wildman–Crippen LogP) is 6.50. The first-order valence-corrected chi connectivity index (χ1v) is 23.7. The number of nitrogens with zero attached hydrogens (tertiary/aromatic N) is 7. The van der Waals surface area contributed by atoms with Gasteiger partial charge in [0, 0.05) is 18.2 Å². The van der Waals surface area contributed by atoms with Gasteiger partial charge in [0.1, 0.15) is 58.1 Å². The molecule has 0 aliphatic rings. The summed E-state index contributed by atoms with van der Waals surface area (Å²) in [5.74, 6) is -1.12. The zero-order chi connectivity index (χ0) is 49.6. The summed E-state index contributed by atoms with van der Waals surface area (Å²) >= 11 is 0.225. The maximum atomic E-state index is 13.9. The first kappa shape index (κ1) is 50.7. The maximum Gasteiger partial charge on any atom is 0.299 e. The van der Waals surface area contributed by atoms with E-state index in [9.17, 15) is 59.0 Å². The zero-order valence-electron chi connectivity index (χ0n) is 34.5. The second kappa shape index (κ2) is 21.0. The highest BCUT2D eigenvalue weighted by molar-refractivity contribution is 7.94. The first-order valence-electron chi connectivity index (χ1n) is 18.6. The van der Waals surface area contributed by atoms with E-state index in [1.807, 2.05) is 0 Å². The van der Waals surface area contributed by atoms with Gasteiger partial charge in [0.2, 0.25) is 0 Å². The van der Waals surface area contributed by atoms with Gasteiger partial charge in [-0.05, 0) is 66.9 Å². The molecule has 31 heteroatoms. The number of phenolic OH excluding ortho intramolecular Hbond substituents is 1. The van der Waals surface area contributed by atoms with E-state index < -0.39 is 80.9 Å². The van der Waals surface area contributed by atoms with Crippen LogP contribution >= 0.6 is 12.0 Å². The standard InChI is InChI=1S/C37H34N8O19S4/c1-19-34(42-38-21-3-6-23(7-4-21)66(51,52)53)37(49)45(44-19)28-16-24(67(54,55)56)13-20-14-31(65-64-63-50)35(36(48)33(20)28)43-41-27-18-29(61-11-9-46)26(17-30(27)62-12-10-47)40-39-25-8-5-22(60-2)15-32(25)68(57,58)59/h3-8,13-18,44,46-48,50H,9-12H2,1-2H3,(H,51,52,53)(H,54,55,56)(H,57,58,59). The molecule has 0 atom stereocenters. The van der Waals surface area contributed by atoms with Crippen molar-refractivity contribution in [1.29, 1.82) is 0 Å². The van der Waals surface area contributed by atoms with E-state index >= 15 is 0 Å². The molecule has 0 aliphatic carbocycles. The second-order valence-corrected chi connectivity index (χ2v) is 18.3. The van der Waals surface area contributed by atoms with Gasteiger partial charge >= 0.3 is 0 Å². The van der Waals surface area contributed by atoms with E-state index in [1.54, 1.807) is 0 Å². The Labute approximate surface area is 386 Å². The molecule has 6 rings (SSSR count). The smallest absolute Gasteiger partial charge is 0.299 e. The number of aliphatic hydroxyl groups excluding tert-OH is 2. The van der Waals surface area contributed by atoms with Gasteiger partial charge in [-0.25, -0.2) is 9.94 Å². The van der Waals surface area contributed by atoms with Crippen LogP contribution < -0.4 is 19.8 Å². The minimum Gasteiger partial charge on any atom is -0.505 e. The number of fused-ring (bicyclic) bond motifs is 1. The van der Waals surface area contributed by atoms with Crippen LogP contribution in [-0.4, -0.2) is 103 Å². The van der Waals surface area contributed by atoms with E-state index in [1.165, 1.54) is 50.4 Å². The molecule has 0 saturated carbocycles. The van der Waals surface area contributed by atoms with Crippen LogP contribution in [0.2, 0.25) is 0 Å². The molecule has 0 fully saturated rings. The number of aromatic nitrogens is 2. The van der Waals surface area contributed by atoms with E-state index in [2.05, 4.69) is 45.2 Å². The van der Waals surface area contributed by atoms with Crippen molar-refractivity contribution in [2.24, 2.45) is 30.7 Å². The van der Waals surface area contributed by atoms with Gasteiger partial charge in [0.05, 0.1) is 69.5 Å². The van der Waals surface area contributed by atoms with Crippen molar-refractivity contribution >= 4 is 87.3 Å². The Hall–Kier alpha value is -6.75. The Bertz CT molecular complexity index is 3380. The summed E-state index contributed by atoms with van der Waals surface area (Å²) in [5.41, 5.74) is -2.88. The number of aromatic amines is 1. The molecule has 360 valence electrons. The van der Waals surface area contributed by atoms with Crippen molar-refractivity contribution in [2.45, 2.75) is 26.5 Å². The van der Waals surface area contributed by atoms with E-state index in [4.69, 9.17) is 19.5 Å². The highest BCUT2D eigenvalue weighted by Gasteiger charge is 2.25. The van der Waals surface area contributed by atoms with Crippen molar-refractivity contribution in [3.05, 3.63) is 88.8 Å². The van der Waals surface area contributed by atoms with E-state index in [0.717, 1.165) is 41.1 Å². The van der Waals surface area contributed by atoms with E-state index in [-0.39, 0.29) is 92.3 Å². The number of benzene rings is 5. The van der Waals surface area contributed by atoms with Crippen LogP contribution in [0.4, 0.5) is 34.1 Å². The molecule has 0 bridgehead atoms. The third-order valence-corrected chi connectivity index (χ3v) is 12.1. The normalized spacial score (nSPS) is 12.5. The van der Waals surface area contributed by atoms with Crippen molar-refractivity contribution < 1.29 is 83.1 Å². The van der Waals surface area contributed by atoms with Gasteiger partial charge in [0.25, 0.3) is 35.9 Å². The molecule has 0 unspecified atom stereocenters. The lowest BCUT2D eigenvalue weighted by atomic mass is 10.1. The Kier molecular flexibility index (Phi) is 15.7. The number of H-pyrrole nitrogens is 1. The van der Waals surface area contributed by atoms with Crippen molar-refractivity contribution in [3.63, 3.8) is 0 Å². The Balaban J connectivity index is 1.53. The molecule has 8 N–H and O–H groups in total. The number of rotatable bonds is 20. The van der Waals surface area contributed by atoms with Gasteiger partial charge in [-0.3, -0.25) is 23.6 Å². The summed E-state index contributed by atoms with van der Waals surface area (Å²) in [6, 6.07) is 13.2. The van der Waals surface area contributed by atoms with Gasteiger partial charge in [-0.2, -0.15) is 30.4 Å². The molecule has 5 aromatic carbocycles. The molecule has 0 spiro atoms. The number of hydrogen-bond donors (Lipinski definition) is 8. The number of aromatic hydroxyl groups is 1. The molecule has 0 aliphatic heterocycles. The van der Waals surface area contributed by atoms with Gasteiger partial charge in [-0.1, -0.05) is 5.04 Å². The fraction of sp³-hybridized carbons (Fsp3) is 0.162. The Morgan fingerprint density at radius 3 is 1.84 bits per heavy atom. The van der Waals surface area contributed by atoms with Crippen LogP contribution in [0.5, 0.6) is 23.0 Å². The minimum absolute atomic E-state index is 0.0410. The summed E-state index contributed by atoms with van der Waals surface area (Å²) in [6.45, 7) is -0.331. The summed E-state index contributed by atoms with van der Waals surface area (Å²) in [7, 11) is -13.1. The molecular formula is C37H34N8O19S4. The third kappa shape index (κ3) is 11.7. The highest BCUT2D eigenvalue weighted by Crippen LogP contribution is 2.48. The summed E-state index contributed by atoms with van der Waals surface area (Å²) < 4.78 is 123. The Morgan fingerprint density at radius 2 is 1.28 bits per heavy atom. The lowest BCUT2D eigenvalue weighted by Crippen LogP contribution is -2.15. The van der Waals surface area contributed by atoms with Crippen LogP contribution in [0, 0.1) is 6.92 Å². The molecule has 6 aromatic rings. The number of aliphatic hydroxyl groups is 2. The number of ether oxygens (including phenoxy) is 3. The largest absolute Gasteiger partial charge is 0.505 e. The molecule has 0 saturated heterocycles.